The van der Waals surface area contributed by atoms with Crippen molar-refractivity contribution in [1.82, 2.24) is 10.2 Å². The number of alkyl halides is 3. The van der Waals surface area contributed by atoms with Gasteiger partial charge in [0.15, 0.2) is 6.10 Å². The Labute approximate surface area is 210 Å². The summed E-state index contributed by atoms with van der Waals surface area (Å²) in [5, 5.41) is 2.63. The van der Waals surface area contributed by atoms with E-state index in [1.165, 1.54) is 4.90 Å². The van der Waals surface area contributed by atoms with Gasteiger partial charge in [0.25, 0.3) is 5.91 Å². The van der Waals surface area contributed by atoms with Crippen molar-refractivity contribution in [1.29, 1.82) is 0 Å². The van der Waals surface area contributed by atoms with Crippen molar-refractivity contribution in [3.05, 3.63) is 12.2 Å². The molecule has 1 aliphatic heterocycles. The molecule has 0 aromatic rings. The number of halogens is 3. The Morgan fingerprint density at radius 3 is 2.33 bits per heavy atom. The van der Waals surface area contributed by atoms with Crippen LogP contribution in [0.1, 0.15) is 47.5 Å². The number of esters is 2. The van der Waals surface area contributed by atoms with Crippen LogP contribution in [0.5, 0.6) is 0 Å². The van der Waals surface area contributed by atoms with Crippen LogP contribution in [0.15, 0.2) is 12.2 Å². The summed E-state index contributed by atoms with van der Waals surface area (Å²) in [6.45, 7) is 8.72. The minimum atomic E-state index is -1.71. The van der Waals surface area contributed by atoms with Gasteiger partial charge < -0.3 is 19.7 Å². The summed E-state index contributed by atoms with van der Waals surface area (Å²) >= 11 is 16.8. The molecule has 1 aliphatic rings. The molecule has 33 heavy (non-hydrogen) atoms. The van der Waals surface area contributed by atoms with E-state index in [0.29, 0.717) is 19.4 Å². The van der Waals surface area contributed by atoms with Crippen molar-refractivity contribution < 1.29 is 28.7 Å². The number of allylic oxidation sites excluding steroid dienone is 1. The van der Waals surface area contributed by atoms with E-state index < -0.39 is 45.6 Å². The van der Waals surface area contributed by atoms with Crippen LogP contribution in [-0.4, -0.2) is 64.3 Å². The Kier molecular flexibility index (Phi) is 12.0. The number of nitrogens with one attached hydrogen (secondary N) is 1. The SMILES string of the molecule is C/C=C/[C@@H](C)C(=O)O[C@H](C(=O)N[C@@H](C)C(=O)N1CCC[C@@H](C(=O)OCC(Cl)(Cl)Cl)C1)C(C)C. The Hall–Kier alpha value is -1.51. The van der Waals surface area contributed by atoms with E-state index >= 15 is 0 Å². The molecular weight excluding hydrogens is 495 g/mol. The topological polar surface area (TPSA) is 102 Å². The van der Waals surface area contributed by atoms with Gasteiger partial charge in [0, 0.05) is 13.1 Å². The maximum Gasteiger partial charge on any atom is 0.313 e. The Bertz CT molecular complexity index is 738. The van der Waals surface area contributed by atoms with Crippen LogP contribution >= 0.6 is 34.8 Å². The second kappa shape index (κ2) is 13.4. The highest BCUT2D eigenvalue weighted by Crippen LogP contribution is 2.27. The number of likely N-dealkylation sites (tertiary alicyclic amines) is 1. The summed E-state index contributed by atoms with van der Waals surface area (Å²) in [6.07, 6.45) is 3.51. The molecule has 1 N–H and O–H groups in total. The van der Waals surface area contributed by atoms with E-state index in [9.17, 15) is 19.2 Å². The van der Waals surface area contributed by atoms with Crippen molar-refractivity contribution in [2.24, 2.45) is 17.8 Å². The summed E-state index contributed by atoms with van der Waals surface area (Å²) in [5.41, 5.74) is 0. The van der Waals surface area contributed by atoms with Crippen molar-refractivity contribution >= 4 is 58.6 Å². The quantitative estimate of drug-likeness (QED) is 0.280. The monoisotopic (exact) mass is 526 g/mol. The van der Waals surface area contributed by atoms with E-state index in [-0.39, 0.29) is 25.0 Å². The molecular formula is C22H33Cl3N2O6. The minimum absolute atomic E-state index is 0.140. The molecule has 0 spiro atoms. The molecule has 0 unspecified atom stereocenters. The first-order valence-corrected chi connectivity index (χ1v) is 12.1. The van der Waals surface area contributed by atoms with E-state index in [1.807, 2.05) is 0 Å². The molecule has 2 amide bonds. The standard InChI is InChI=1S/C22H33Cl3N2O6/c1-6-8-14(4)20(30)33-17(13(2)3)18(28)26-15(5)19(29)27-10-7-9-16(11-27)21(31)32-12-22(23,24)25/h6,8,13-17H,7,9-12H2,1-5H3,(H,26,28)/b8-6+/t14-,15+,16-,17+/m1/s1. The first-order chi connectivity index (χ1) is 15.3. The third-order valence-electron chi connectivity index (χ3n) is 5.13. The zero-order valence-electron chi connectivity index (χ0n) is 19.6. The second-order valence-electron chi connectivity index (χ2n) is 8.49. The largest absolute Gasteiger partial charge is 0.461 e. The normalized spacial score (nSPS) is 19.7. The van der Waals surface area contributed by atoms with Gasteiger partial charge in [0.05, 0.1) is 11.8 Å². The third-order valence-corrected chi connectivity index (χ3v) is 5.46. The van der Waals surface area contributed by atoms with Gasteiger partial charge in [-0.15, -0.1) is 0 Å². The zero-order chi connectivity index (χ0) is 25.3. The van der Waals surface area contributed by atoms with Crippen LogP contribution in [0.4, 0.5) is 0 Å². The fraction of sp³-hybridized carbons (Fsp3) is 0.727. The van der Waals surface area contributed by atoms with Crippen LogP contribution in [-0.2, 0) is 28.7 Å². The van der Waals surface area contributed by atoms with Gasteiger partial charge in [-0.05, 0) is 39.5 Å². The molecule has 0 bridgehead atoms. The summed E-state index contributed by atoms with van der Waals surface area (Å²) in [6, 6.07) is -0.874. The van der Waals surface area contributed by atoms with Gasteiger partial charge in [-0.2, -0.15) is 0 Å². The summed E-state index contributed by atoms with van der Waals surface area (Å²) < 4.78 is 8.72. The molecule has 1 heterocycles. The number of hydrogen-bond donors (Lipinski definition) is 1. The van der Waals surface area contributed by atoms with Crippen LogP contribution < -0.4 is 5.32 Å². The molecule has 8 nitrogen and oxygen atoms in total. The highest BCUT2D eigenvalue weighted by Gasteiger charge is 2.35. The maximum atomic E-state index is 12.9. The smallest absolute Gasteiger partial charge is 0.313 e. The Morgan fingerprint density at radius 1 is 1.15 bits per heavy atom. The summed E-state index contributed by atoms with van der Waals surface area (Å²) in [7, 11) is 0. The molecule has 0 aromatic heterocycles. The van der Waals surface area contributed by atoms with E-state index in [0.717, 1.165) is 0 Å². The highest BCUT2D eigenvalue weighted by atomic mass is 35.6. The first kappa shape index (κ1) is 29.5. The maximum absolute atomic E-state index is 12.9. The predicted octanol–water partition coefficient (Wildman–Crippen LogP) is 3.42. The molecule has 1 saturated heterocycles. The van der Waals surface area contributed by atoms with Crippen molar-refractivity contribution in [3.8, 4) is 0 Å². The predicted molar refractivity (Wildman–Crippen MR) is 127 cm³/mol. The van der Waals surface area contributed by atoms with Gasteiger partial charge in [-0.25, -0.2) is 0 Å². The van der Waals surface area contributed by atoms with Crippen LogP contribution in [0.3, 0.4) is 0 Å². The average molecular weight is 528 g/mol. The fourth-order valence-electron chi connectivity index (χ4n) is 3.36. The van der Waals surface area contributed by atoms with E-state index in [1.54, 1.807) is 46.8 Å². The molecule has 11 heteroatoms. The number of carbonyl (C=O) groups is 4. The number of piperidine rings is 1. The number of amides is 2. The van der Waals surface area contributed by atoms with Crippen molar-refractivity contribution in [2.75, 3.05) is 19.7 Å². The number of nitrogens with zero attached hydrogens (tertiary/aromatic N) is 1. The molecule has 0 aromatic carbocycles. The van der Waals surface area contributed by atoms with Crippen molar-refractivity contribution in [3.63, 3.8) is 0 Å². The molecule has 0 radical (unpaired) electrons. The minimum Gasteiger partial charge on any atom is -0.461 e. The van der Waals surface area contributed by atoms with Gasteiger partial charge >= 0.3 is 11.9 Å². The molecule has 1 fully saturated rings. The van der Waals surface area contributed by atoms with Crippen LogP contribution in [0, 0.1) is 17.8 Å². The van der Waals surface area contributed by atoms with Gasteiger partial charge in [0.2, 0.25) is 9.70 Å². The fourth-order valence-corrected chi connectivity index (χ4v) is 3.53. The lowest BCUT2D eigenvalue weighted by atomic mass is 9.97. The first-order valence-electron chi connectivity index (χ1n) is 10.9. The zero-order valence-corrected chi connectivity index (χ0v) is 21.9. The number of ether oxygens (including phenoxy) is 2. The lowest BCUT2D eigenvalue weighted by Gasteiger charge is -2.34. The molecule has 4 atom stereocenters. The molecule has 1 rings (SSSR count). The average Bonchev–Trinajstić information content (AvgIpc) is 2.74. The number of hydrogen-bond acceptors (Lipinski definition) is 6. The van der Waals surface area contributed by atoms with Gasteiger partial charge in [-0.1, -0.05) is 60.8 Å². The van der Waals surface area contributed by atoms with Crippen molar-refractivity contribution in [2.45, 2.75) is 63.4 Å². The lowest BCUT2D eigenvalue weighted by molar-refractivity contribution is -0.161. The van der Waals surface area contributed by atoms with Crippen LogP contribution in [0.25, 0.3) is 0 Å². The van der Waals surface area contributed by atoms with Gasteiger partial charge in [0.1, 0.15) is 12.6 Å². The molecule has 188 valence electrons. The van der Waals surface area contributed by atoms with E-state index in [4.69, 9.17) is 44.3 Å². The Balaban J connectivity index is 2.71. The molecule has 0 aliphatic carbocycles. The van der Waals surface area contributed by atoms with Crippen LogP contribution in [0.2, 0.25) is 0 Å². The second-order valence-corrected chi connectivity index (χ2v) is 11.0. The Morgan fingerprint density at radius 2 is 1.79 bits per heavy atom. The summed E-state index contributed by atoms with van der Waals surface area (Å²) in [5.74, 6) is -3.29. The van der Waals surface area contributed by atoms with E-state index in [2.05, 4.69) is 5.32 Å². The number of rotatable bonds is 9. The number of carbonyl (C=O) groups excluding carboxylic acids is 4. The lowest BCUT2D eigenvalue weighted by Crippen LogP contribution is -2.53. The highest BCUT2D eigenvalue weighted by molar-refractivity contribution is 6.67. The van der Waals surface area contributed by atoms with Gasteiger partial charge in [-0.3, -0.25) is 19.2 Å². The third kappa shape index (κ3) is 10.1. The summed E-state index contributed by atoms with van der Waals surface area (Å²) in [4.78, 5) is 51.7. The molecule has 0 saturated carbocycles.